The minimum atomic E-state index is -3.71. The third-order valence-electron chi connectivity index (χ3n) is 4.65. The zero-order valence-electron chi connectivity index (χ0n) is 17.0. The molecule has 0 amide bonds. The standard InChI is InChI=1S/C23H21N3O4S/c1-23(2)12-11-20-21(30-23)10-5-16(22(20)27)14-25-17-6-8-18(9-7-17)26-31(28,29)19-4-3-13-24-15-19/h3-15,26-27H,1-2H3/b25-14+. The van der Waals surface area contributed by atoms with Gasteiger partial charge in [-0.3, -0.25) is 14.7 Å². The first-order chi connectivity index (χ1) is 14.7. The molecular weight excluding hydrogens is 414 g/mol. The average Bonchev–Trinajstić information content (AvgIpc) is 2.74. The number of phenolic OH excluding ortho intramolecular Hbond substituents is 1. The molecule has 3 aromatic rings. The van der Waals surface area contributed by atoms with E-state index in [0.29, 0.717) is 28.3 Å². The molecule has 31 heavy (non-hydrogen) atoms. The highest BCUT2D eigenvalue weighted by Crippen LogP contribution is 2.38. The first kappa shape index (κ1) is 20.6. The number of aromatic nitrogens is 1. The van der Waals surface area contributed by atoms with Gasteiger partial charge in [0.25, 0.3) is 10.0 Å². The number of phenols is 1. The summed E-state index contributed by atoms with van der Waals surface area (Å²) >= 11 is 0. The number of sulfonamides is 1. The molecular formula is C23H21N3O4S. The Hall–Kier alpha value is -3.65. The maximum atomic E-state index is 12.4. The maximum absolute atomic E-state index is 12.4. The van der Waals surface area contributed by atoms with E-state index in [1.165, 1.54) is 18.5 Å². The van der Waals surface area contributed by atoms with E-state index in [1.807, 2.05) is 26.0 Å². The second-order valence-corrected chi connectivity index (χ2v) is 9.24. The molecule has 1 aliphatic heterocycles. The summed E-state index contributed by atoms with van der Waals surface area (Å²) < 4.78 is 33.1. The van der Waals surface area contributed by atoms with E-state index in [0.717, 1.165) is 0 Å². The zero-order valence-corrected chi connectivity index (χ0v) is 17.8. The molecule has 1 aromatic heterocycles. The zero-order chi connectivity index (χ0) is 22.1. The minimum absolute atomic E-state index is 0.0846. The van der Waals surface area contributed by atoms with E-state index < -0.39 is 15.6 Å². The van der Waals surface area contributed by atoms with E-state index in [9.17, 15) is 13.5 Å². The summed E-state index contributed by atoms with van der Waals surface area (Å²) in [5, 5.41) is 10.6. The van der Waals surface area contributed by atoms with Crippen LogP contribution in [0.15, 0.2) is 76.9 Å². The normalized spacial score (nSPS) is 14.8. The monoisotopic (exact) mass is 435 g/mol. The van der Waals surface area contributed by atoms with Crippen LogP contribution in [-0.2, 0) is 10.0 Å². The lowest BCUT2D eigenvalue weighted by Gasteiger charge is -2.28. The lowest BCUT2D eigenvalue weighted by Crippen LogP contribution is -2.27. The van der Waals surface area contributed by atoms with Crippen LogP contribution in [0, 0.1) is 0 Å². The average molecular weight is 436 g/mol. The minimum Gasteiger partial charge on any atom is -0.506 e. The maximum Gasteiger partial charge on any atom is 0.263 e. The lowest BCUT2D eigenvalue weighted by molar-refractivity contribution is 0.158. The second kappa shape index (κ2) is 7.88. The molecule has 158 valence electrons. The SMILES string of the molecule is CC1(C)C=Cc2c(ccc(/C=N/c3ccc(NS(=O)(=O)c4cccnc4)cc3)c2O)O1. The van der Waals surface area contributed by atoms with Gasteiger partial charge in [-0.2, -0.15) is 0 Å². The highest BCUT2D eigenvalue weighted by Gasteiger charge is 2.24. The van der Waals surface area contributed by atoms with Gasteiger partial charge in [0.1, 0.15) is 22.0 Å². The molecule has 0 aliphatic carbocycles. The van der Waals surface area contributed by atoms with E-state index in [-0.39, 0.29) is 10.6 Å². The number of hydrogen-bond donors (Lipinski definition) is 2. The molecule has 1 aliphatic rings. The smallest absolute Gasteiger partial charge is 0.263 e. The van der Waals surface area contributed by atoms with Crippen LogP contribution < -0.4 is 9.46 Å². The predicted molar refractivity (Wildman–Crippen MR) is 121 cm³/mol. The summed E-state index contributed by atoms with van der Waals surface area (Å²) in [5.74, 6) is 0.709. The van der Waals surface area contributed by atoms with Gasteiger partial charge in [0, 0.05) is 29.9 Å². The molecule has 0 unspecified atom stereocenters. The van der Waals surface area contributed by atoms with Crippen LogP contribution in [0.2, 0.25) is 0 Å². The van der Waals surface area contributed by atoms with Crippen molar-refractivity contribution >= 4 is 33.7 Å². The van der Waals surface area contributed by atoms with Gasteiger partial charge >= 0.3 is 0 Å². The van der Waals surface area contributed by atoms with E-state index >= 15 is 0 Å². The molecule has 0 saturated heterocycles. The Kier molecular flexibility index (Phi) is 5.24. The Morgan fingerprint density at radius 3 is 2.61 bits per heavy atom. The highest BCUT2D eigenvalue weighted by molar-refractivity contribution is 7.92. The van der Waals surface area contributed by atoms with Gasteiger partial charge in [-0.25, -0.2) is 8.42 Å². The number of ether oxygens (including phenoxy) is 1. The molecule has 0 fully saturated rings. The van der Waals surface area contributed by atoms with Crippen molar-refractivity contribution in [1.29, 1.82) is 0 Å². The summed E-state index contributed by atoms with van der Waals surface area (Å²) in [6.07, 6.45) is 8.08. The van der Waals surface area contributed by atoms with Crippen molar-refractivity contribution in [3.05, 3.63) is 78.1 Å². The number of aromatic hydroxyl groups is 1. The highest BCUT2D eigenvalue weighted by atomic mass is 32.2. The predicted octanol–water partition coefficient (Wildman–Crippen LogP) is 4.52. The fraction of sp³-hybridized carbons (Fsp3) is 0.130. The molecule has 8 heteroatoms. The number of pyridine rings is 1. The van der Waals surface area contributed by atoms with Crippen LogP contribution in [0.5, 0.6) is 11.5 Å². The number of benzene rings is 2. The van der Waals surface area contributed by atoms with Gasteiger partial charge in [-0.05, 0) is 74.5 Å². The fourth-order valence-corrected chi connectivity index (χ4v) is 4.06. The first-order valence-corrected chi connectivity index (χ1v) is 11.0. The third kappa shape index (κ3) is 4.59. The van der Waals surface area contributed by atoms with E-state index in [2.05, 4.69) is 14.7 Å². The van der Waals surface area contributed by atoms with Crippen molar-refractivity contribution < 1.29 is 18.3 Å². The van der Waals surface area contributed by atoms with Gasteiger partial charge in [0.2, 0.25) is 0 Å². The van der Waals surface area contributed by atoms with Crippen molar-refractivity contribution in [1.82, 2.24) is 4.98 Å². The summed E-state index contributed by atoms with van der Waals surface area (Å²) in [7, 11) is -3.71. The summed E-state index contributed by atoms with van der Waals surface area (Å²) in [4.78, 5) is 8.29. The molecule has 2 heterocycles. The topological polar surface area (TPSA) is 101 Å². The van der Waals surface area contributed by atoms with Crippen LogP contribution in [0.1, 0.15) is 25.0 Å². The van der Waals surface area contributed by atoms with Gasteiger partial charge in [-0.1, -0.05) is 0 Å². The molecule has 7 nitrogen and oxygen atoms in total. The molecule has 0 spiro atoms. The quantitative estimate of drug-likeness (QED) is 0.574. The summed E-state index contributed by atoms with van der Waals surface area (Å²) in [6, 6.07) is 13.2. The lowest BCUT2D eigenvalue weighted by atomic mass is 10.00. The number of nitrogens with zero attached hydrogens (tertiary/aromatic N) is 2. The molecule has 4 rings (SSSR count). The molecule has 0 saturated carbocycles. The summed E-state index contributed by atoms with van der Waals surface area (Å²) in [5.41, 5.74) is 1.75. The van der Waals surface area contributed by atoms with Crippen molar-refractivity contribution in [2.45, 2.75) is 24.3 Å². The molecule has 0 radical (unpaired) electrons. The number of nitrogens with one attached hydrogen (secondary N) is 1. The van der Waals surface area contributed by atoms with Gasteiger partial charge in [-0.15, -0.1) is 0 Å². The van der Waals surface area contributed by atoms with Crippen LogP contribution in [0.25, 0.3) is 6.08 Å². The van der Waals surface area contributed by atoms with Crippen molar-refractivity contribution in [3.8, 4) is 11.5 Å². The Morgan fingerprint density at radius 1 is 1.13 bits per heavy atom. The van der Waals surface area contributed by atoms with E-state index in [4.69, 9.17) is 4.74 Å². The van der Waals surface area contributed by atoms with Crippen LogP contribution in [-0.4, -0.2) is 30.3 Å². The fourth-order valence-electron chi connectivity index (χ4n) is 3.04. The second-order valence-electron chi connectivity index (χ2n) is 7.55. The molecule has 0 atom stereocenters. The van der Waals surface area contributed by atoms with Gasteiger partial charge in [0.15, 0.2) is 0 Å². The number of anilines is 1. The summed E-state index contributed by atoms with van der Waals surface area (Å²) in [6.45, 7) is 3.89. The Balaban J connectivity index is 1.50. The number of hydrogen-bond acceptors (Lipinski definition) is 6. The molecule has 2 N–H and O–H groups in total. The molecule has 0 bridgehead atoms. The van der Waals surface area contributed by atoms with Crippen molar-refractivity contribution in [2.24, 2.45) is 4.99 Å². The Morgan fingerprint density at radius 2 is 1.90 bits per heavy atom. The van der Waals surface area contributed by atoms with Gasteiger partial charge < -0.3 is 9.84 Å². The van der Waals surface area contributed by atoms with Crippen LogP contribution >= 0.6 is 0 Å². The number of rotatable bonds is 5. The van der Waals surface area contributed by atoms with Crippen LogP contribution in [0.3, 0.4) is 0 Å². The van der Waals surface area contributed by atoms with Gasteiger partial charge in [0.05, 0.1) is 11.3 Å². The van der Waals surface area contributed by atoms with Crippen LogP contribution in [0.4, 0.5) is 11.4 Å². The van der Waals surface area contributed by atoms with Crippen molar-refractivity contribution in [3.63, 3.8) is 0 Å². The number of aliphatic imine (C=N–C) groups is 1. The Labute approximate surface area is 180 Å². The molecule has 2 aromatic carbocycles. The largest absolute Gasteiger partial charge is 0.506 e. The Bertz CT molecular complexity index is 1270. The number of fused-ring (bicyclic) bond motifs is 1. The first-order valence-electron chi connectivity index (χ1n) is 9.55. The van der Waals surface area contributed by atoms with E-state index in [1.54, 1.807) is 48.7 Å². The van der Waals surface area contributed by atoms with Crippen molar-refractivity contribution in [2.75, 3.05) is 4.72 Å². The third-order valence-corrected chi connectivity index (χ3v) is 6.02.